The number of para-hydroxylation sites is 2. The van der Waals surface area contributed by atoms with Crippen molar-refractivity contribution < 1.29 is 14.7 Å². The summed E-state index contributed by atoms with van der Waals surface area (Å²) in [6.45, 7) is 1.84. The maximum Gasteiger partial charge on any atom is 0.303 e. The van der Waals surface area contributed by atoms with Crippen LogP contribution in [0.2, 0.25) is 0 Å². The number of nitrogens with zero attached hydrogens (tertiary/aromatic N) is 2. The van der Waals surface area contributed by atoms with Crippen molar-refractivity contribution in [2.45, 2.75) is 32.2 Å². The maximum atomic E-state index is 12.1. The molecule has 1 heterocycles. The number of aromatic nitrogens is 2. The van der Waals surface area contributed by atoms with E-state index in [-0.39, 0.29) is 24.1 Å². The molecular formula is C15H17N3O3. The minimum atomic E-state index is -0.825. The highest BCUT2D eigenvalue weighted by molar-refractivity contribution is 5.93. The van der Waals surface area contributed by atoms with Gasteiger partial charge in [-0.25, -0.2) is 4.98 Å². The van der Waals surface area contributed by atoms with Gasteiger partial charge in [-0.1, -0.05) is 12.1 Å². The highest BCUT2D eigenvalue weighted by Gasteiger charge is 2.12. The fourth-order valence-electron chi connectivity index (χ4n) is 2.00. The average Bonchev–Trinajstić information content (AvgIpc) is 2.46. The van der Waals surface area contributed by atoms with Crippen molar-refractivity contribution in [2.75, 3.05) is 0 Å². The summed E-state index contributed by atoms with van der Waals surface area (Å²) in [6.07, 6.45) is 2.69. The van der Waals surface area contributed by atoms with Crippen molar-refractivity contribution in [2.24, 2.45) is 0 Å². The summed E-state index contributed by atoms with van der Waals surface area (Å²) in [5.74, 6) is -1.12. The normalized spacial score (nSPS) is 12.0. The van der Waals surface area contributed by atoms with Crippen LogP contribution in [-0.2, 0) is 4.79 Å². The first-order valence-corrected chi connectivity index (χ1v) is 6.80. The quantitative estimate of drug-likeness (QED) is 0.847. The Morgan fingerprint density at radius 1 is 1.29 bits per heavy atom. The molecule has 1 atom stereocenters. The first kappa shape index (κ1) is 14.9. The zero-order chi connectivity index (χ0) is 15.2. The number of aliphatic carboxylic acids is 1. The average molecular weight is 287 g/mol. The molecule has 1 aromatic carbocycles. The van der Waals surface area contributed by atoms with Gasteiger partial charge >= 0.3 is 5.97 Å². The number of benzene rings is 1. The van der Waals surface area contributed by atoms with Crippen molar-refractivity contribution in [3.63, 3.8) is 0 Å². The summed E-state index contributed by atoms with van der Waals surface area (Å²) in [6, 6.07) is 7.23. The standard InChI is InChI=1S/C15H17N3O3/c1-10(5-4-8-14(19)20)17-15(21)13-9-16-11-6-2-3-7-12(11)18-13/h2-3,6-7,9-10H,4-5,8H2,1H3,(H,17,21)(H,19,20). The van der Waals surface area contributed by atoms with E-state index in [1.54, 1.807) is 6.07 Å². The zero-order valence-electron chi connectivity index (χ0n) is 11.7. The second-order valence-corrected chi connectivity index (χ2v) is 4.90. The van der Waals surface area contributed by atoms with Gasteiger partial charge in [0.25, 0.3) is 5.91 Å². The second kappa shape index (κ2) is 6.78. The Morgan fingerprint density at radius 2 is 2.00 bits per heavy atom. The van der Waals surface area contributed by atoms with Crippen LogP contribution in [-0.4, -0.2) is 33.0 Å². The van der Waals surface area contributed by atoms with Crippen LogP contribution in [0, 0.1) is 0 Å². The van der Waals surface area contributed by atoms with E-state index in [0.717, 1.165) is 5.52 Å². The van der Waals surface area contributed by atoms with Gasteiger partial charge in [-0.2, -0.15) is 0 Å². The van der Waals surface area contributed by atoms with Gasteiger partial charge in [-0.3, -0.25) is 14.6 Å². The molecule has 21 heavy (non-hydrogen) atoms. The van der Waals surface area contributed by atoms with Gasteiger partial charge < -0.3 is 10.4 Å². The lowest BCUT2D eigenvalue weighted by molar-refractivity contribution is -0.137. The largest absolute Gasteiger partial charge is 0.481 e. The fraction of sp³-hybridized carbons (Fsp3) is 0.333. The van der Waals surface area contributed by atoms with Crippen LogP contribution in [0.25, 0.3) is 11.0 Å². The summed E-state index contributed by atoms with van der Waals surface area (Å²) >= 11 is 0. The number of carbonyl (C=O) groups excluding carboxylic acids is 1. The highest BCUT2D eigenvalue weighted by atomic mass is 16.4. The molecular weight excluding hydrogens is 270 g/mol. The van der Waals surface area contributed by atoms with Crippen molar-refractivity contribution in [3.05, 3.63) is 36.2 Å². The Morgan fingerprint density at radius 3 is 2.71 bits per heavy atom. The molecule has 0 saturated heterocycles. The molecule has 110 valence electrons. The minimum absolute atomic E-state index is 0.106. The van der Waals surface area contributed by atoms with Crippen LogP contribution < -0.4 is 5.32 Å². The molecule has 0 bridgehead atoms. The maximum absolute atomic E-state index is 12.1. The predicted octanol–water partition coefficient (Wildman–Crippen LogP) is 2.00. The van der Waals surface area contributed by atoms with Crippen LogP contribution in [0.1, 0.15) is 36.7 Å². The fourth-order valence-corrected chi connectivity index (χ4v) is 2.00. The monoisotopic (exact) mass is 287 g/mol. The number of hydrogen-bond donors (Lipinski definition) is 2. The molecule has 6 nitrogen and oxygen atoms in total. The van der Waals surface area contributed by atoms with Gasteiger partial charge in [0.1, 0.15) is 5.69 Å². The van der Waals surface area contributed by atoms with Crippen LogP contribution >= 0.6 is 0 Å². The van der Waals surface area contributed by atoms with E-state index in [1.165, 1.54) is 6.20 Å². The van der Waals surface area contributed by atoms with Gasteiger partial charge in [0.05, 0.1) is 17.2 Å². The van der Waals surface area contributed by atoms with E-state index in [2.05, 4.69) is 15.3 Å². The molecule has 2 aromatic rings. The smallest absolute Gasteiger partial charge is 0.303 e. The van der Waals surface area contributed by atoms with Gasteiger partial charge in [-0.05, 0) is 31.9 Å². The molecule has 2 N–H and O–H groups in total. The van der Waals surface area contributed by atoms with E-state index in [1.807, 2.05) is 25.1 Å². The molecule has 1 unspecified atom stereocenters. The molecule has 0 spiro atoms. The third-order valence-corrected chi connectivity index (χ3v) is 3.09. The molecule has 0 aliphatic rings. The highest BCUT2D eigenvalue weighted by Crippen LogP contribution is 2.09. The first-order chi connectivity index (χ1) is 10.1. The molecule has 2 rings (SSSR count). The van der Waals surface area contributed by atoms with Gasteiger partial charge in [0, 0.05) is 12.5 Å². The zero-order valence-corrected chi connectivity index (χ0v) is 11.7. The Labute approximate surface area is 122 Å². The minimum Gasteiger partial charge on any atom is -0.481 e. The van der Waals surface area contributed by atoms with Crippen molar-refractivity contribution in [3.8, 4) is 0 Å². The molecule has 1 amide bonds. The van der Waals surface area contributed by atoms with E-state index >= 15 is 0 Å². The second-order valence-electron chi connectivity index (χ2n) is 4.90. The summed E-state index contributed by atoms with van der Waals surface area (Å²) < 4.78 is 0. The molecule has 0 aliphatic heterocycles. The molecule has 0 aliphatic carbocycles. The van der Waals surface area contributed by atoms with Crippen molar-refractivity contribution in [1.82, 2.24) is 15.3 Å². The molecule has 1 aromatic heterocycles. The van der Waals surface area contributed by atoms with Gasteiger partial charge in [0.15, 0.2) is 0 Å². The lowest BCUT2D eigenvalue weighted by Crippen LogP contribution is -2.33. The van der Waals surface area contributed by atoms with Gasteiger partial charge in [0.2, 0.25) is 0 Å². The van der Waals surface area contributed by atoms with E-state index < -0.39 is 5.97 Å². The summed E-state index contributed by atoms with van der Waals surface area (Å²) in [4.78, 5) is 31.0. The summed E-state index contributed by atoms with van der Waals surface area (Å²) in [7, 11) is 0. The molecule has 0 saturated carbocycles. The Bertz CT molecular complexity index is 657. The molecule has 0 radical (unpaired) electrons. The van der Waals surface area contributed by atoms with E-state index in [9.17, 15) is 9.59 Å². The Hall–Kier alpha value is -2.50. The van der Waals surface area contributed by atoms with E-state index in [0.29, 0.717) is 18.4 Å². The number of amides is 1. The first-order valence-electron chi connectivity index (χ1n) is 6.80. The third-order valence-electron chi connectivity index (χ3n) is 3.09. The lowest BCUT2D eigenvalue weighted by atomic mass is 10.1. The number of fused-ring (bicyclic) bond motifs is 1. The van der Waals surface area contributed by atoms with Crippen LogP contribution in [0.3, 0.4) is 0 Å². The van der Waals surface area contributed by atoms with Crippen LogP contribution in [0.4, 0.5) is 0 Å². The topological polar surface area (TPSA) is 92.2 Å². The number of carboxylic acids is 1. The molecule has 6 heteroatoms. The number of rotatable bonds is 6. The van der Waals surface area contributed by atoms with E-state index in [4.69, 9.17) is 5.11 Å². The van der Waals surface area contributed by atoms with Crippen molar-refractivity contribution >= 4 is 22.9 Å². The number of carboxylic acid groups (broad SMARTS) is 1. The predicted molar refractivity (Wildman–Crippen MR) is 78.0 cm³/mol. The van der Waals surface area contributed by atoms with Crippen LogP contribution in [0.15, 0.2) is 30.5 Å². The van der Waals surface area contributed by atoms with Crippen LogP contribution in [0.5, 0.6) is 0 Å². The Balaban J connectivity index is 1.96. The summed E-state index contributed by atoms with van der Waals surface area (Å²) in [5, 5.41) is 11.4. The number of hydrogen-bond acceptors (Lipinski definition) is 4. The number of nitrogens with one attached hydrogen (secondary N) is 1. The lowest BCUT2D eigenvalue weighted by Gasteiger charge is -2.12. The third kappa shape index (κ3) is 4.24. The summed E-state index contributed by atoms with van der Waals surface area (Å²) in [5.41, 5.74) is 1.67. The number of carbonyl (C=O) groups is 2. The SMILES string of the molecule is CC(CCCC(=O)O)NC(=O)c1cnc2ccccc2n1. The van der Waals surface area contributed by atoms with Crippen molar-refractivity contribution in [1.29, 1.82) is 0 Å². The molecule has 0 fully saturated rings. The Kier molecular flexibility index (Phi) is 4.81. The van der Waals surface area contributed by atoms with Gasteiger partial charge in [-0.15, -0.1) is 0 Å².